The van der Waals surface area contributed by atoms with E-state index in [2.05, 4.69) is 25.2 Å². The van der Waals surface area contributed by atoms with Crippen LogP contribution in [-0.4, -0.2) is 31.0 Å². The Kier molecular flexibility index (Phi) is 6.03. The van der Waals surface area contributed by atoms with Crippen LogP contribution in [-0.2, 0) is 4.74 Å². The Balaban J connectivity index is 1.79. The Hall–Kier alpha value is -3.43. The van der Waals surface area contributed by atoms with E-state index in [0.717, 1.165) is 29.5 Å². The third-order valence-corrected chi connectivity index (χ3v) is 7.36. The number of anilines is 1. The monoisotopic (exact) mass is 529 g/mol. The molecule has 3 heterocycles. The van der Waals surface area contributed by atoms with Gasteiger partial charge >= 0.3 is 6.18 Å². The smallest absolute Gasteiger partial charge is 0.418 e. The Morgan fingerprint density at radius 3 is 2.51 bits per heavy atom. The van der Waals surface area contributed by atoms with Crippen molar-refractivity contribution < 1.29 is 32.5 Å². The van der Waals surface area contributed by atoms with E-state index < -0.39 is 12.3 Å². The van der Waals surface area contributed by atoms with E-state index in [4.69, 9.17) is 14.2 Å². The van der Waals surface area contributed by atoms with Gasteiger partial charge < -0.3 is 24.6 Å². The lowest BCUT2D eigenvalue weighted by atomic mass is 9.83. The fourth-order valence-electron chi connectivity index (χ4n) is 5.17. The van der Waals surface area contributed by atoms with Crippen molar-refractivity contribution in [2.45, 2.75) is 38.6 Å². The van der Waals surface area contributed by atoms with Crippen molar-refractivity contribution in [2.75, 3.05) is 19.5 Å². The summed E-state index contributed by atoms with van der Waals surface area (Å²) in [7, 11) is 2.51. The van der Waals surface area contributed by atoms with E-state index in [9.17, 15) is 18.3 Å². The number of benzene rings is 2. The van der Waals surface area contributed by atoms with E-state index >= 15 is 0 Å². The number of ether oxygens (including phenoxy) is 3. The largest absolute Gasteiger partial charge is 0.504 e. The van der Waals surface area contributed by atoms with Gasteiger partial charge in [-0.05, 0) is 62.1 Å². The molecule has 5 rings (SSSR count). The summed E-state index contributed by atoms with van der Waals surface area (Å²) in [6, 6.07) is 8.39. The summed E-state index contributed by atoms with van der Waals surface area (Å²) in [6.07, 6.45) is -2.90. The number of rotatable bonds is 4. The third kappa shape index (κ3) is 4.26. The van der Waals surface area contributed by atoms with Gasteiger partial charge in [0.1, 0.15) is 11.5 Å². The number of thiophene rings is 1. The van der Waals surface area contributed by atoms with Crippen LogP contribution in [0.25, 0.3) is 28.5 Å². The zero-order valence-electron chi connectivity index (χ0n) is 20.9. The molecular formula is C28H26F3NO4S. The lowest BCUT2D eigenvalue weighted by Gasteiger charge is -2.35. The molecule has 2 aromatic carbocycles. The molecule has 0 radical (unpaired) electrons. The van der Waals surface area contributed by atoms with Crippen molar-refractivity contribution in [2.24, 2.45) is 0 Å². The highest BCUT2D eigenvalue weighted by atomic mass is 32.1. The van der Waals surface area contributed by atoms with Gasteiger partial charge in [0.05, 0.1) is 18.2 Å². The van der Waals surface area contributed by atoms with Gasteiger partial charge in [0, 0.05) is 39.9 Å². The maximum Gasteiger partial charge on any atom is 0.418 e. The van der Waals surface area contributed by atoms with Gasteiger partial charge in [-0.3, -0.25) is 0 Å². The van der Waals surface area contributed by atoms with Crippen LogP contribution in [0.3, 0.4) is 0 Å². The second-order valence-electron chi connectivity index (χ2n) is 9.58. The van der Waals surface area contributed by atoms with Gasteiger partial charge in [0.25, 0.3) is 0 Å². The SMILES string of the molecule is COc1c(O)ccc2c1-c1ccc3c(c1/C(=C/c1sccc1C(OC)C(F)(F)F)O2)C(C)=CC(C)(C)N3. The van der Waals surface area contributed by atoms with Crippen molar-refractivity contribution in [3.63, 3.8) is 0 Å². The molecule has 2 aliphatic rings. The van der Waals surface area contributed by atoms with Crippen LogP contribution in [0, 0.1) is 0 Å². The number of phenolic OH excluding ortho intramolecular Hbond substituents is 1. The average Bonchev–Trinajstić information content (AvgIpc) is 3.25. The Morgan fingerprint density at radius 1 is 1.08 bits per heavy atom. The number of phenols is 1. The van der Waals surface area contributed by atoms with Gasteiger partial charge in [-0.15, -0.1) is 11.3 Å². The maximum absolute atomic E-state index is 13.7. The molecule has 0 fully saturated rings. The van der Waals surface area contributed by atoms with Gasteiger partial charge in [-0.25, -0.2) is 0 Å². The van der Waals surface area contributed by atoms with E-state index in [1.165, 1.54) is 30.6 Å². The van der Waals surface area contributed by atoms with Crippen molar-refractivity contribution in [3.05, 3.63) is 63.4 Å². The molecule has 3 aromatic rings. The minimum Gasteiger partial charge on any atom is -0.504 e. The second-order valence-corrected chi connectivity index (χ2v) is 10.5. The summed E-state index contributed by atoms with van der Waals surface area (Å²) >= 11 is 1.18. The van der Waals surface area contributed by atoms with Gasteiger partial charge in [0.15, 0.2) is 17.6 Å². The molecule has 1 unspecified atom stereocenters. The molecule has 0 amide bonds. The molecule has 9 heteroatoms. The molecule has 1 atom stereocenters. The number of alkyl halides is 3. The van der Waals surface area contributed by atoms with Gasteiger partial charge in [0.2, 0.25) is 0 Å². The number of hydrogen-bond donors (Lipinski definition) is 2. The molecule has 0 spiro atoms. The van der Waals surface area contributed by atoms with Crippen LogP contribution in [0.1, 0.15) is 48.4 Å². The minimum absolute atomic E-state index is 0.0167. The predicted molar refractivity (Wildman–Crippen MR) is 140 cm³/mol. The lowest BCUT2D eigenvalue weighted by molar-refractivity contribution is -0.215. The first kappa shape index (κ1) is 25.2. The molecule has 1 aromatic heterocycles. The highest BCUT2D eigenvalue weighted by Crippen LogP contribution is 2.54. The quantitative estimate of drug-likeness (QED) is 0.360. The standard InChI is InChI=1S/C28H26F3NO4S/c1-14-13-27(2,3)32-17-7-6-16-23(22(14)17)20(36-19-9-8-18(33)25(34-4)24(16)19)12-21-15(10-11-37-21)26(35-5)28(29,30)31/h6-13,26,32-33H,1-5H3/b20-12-. The Bertz CT molecular complexity index is 1450. The van der Waals surface area contributed by atoms with Crippen LogP contribution in [0.5, 0.6) is 17.2 Å². The summed E-state index contributed by atoms with van der Waals surface area (Å²) in [5.41, 5.74) is 4.47. The number of hydrogen-bond acceptors (Lipinski definition) is 6. The first-order valence-electron chi connectivity index (χ1n) is 11.6. The maximum atomic E-state index is 13.7. The third-order valence-electron chi connectivity index (χ3n) is 6.48. The Labute approximate surface area is 216 Å². The topological polar surface area (TPSA) is 60.0 Å². The number of nitrogens with one attached hydrogen (secondary N) is 1. The molecule has 0 aliphatic carbocycles. The van der Waals surface area contributed by atoms with Gasteiger partial charge in [-0.1, -0.05) is 12.1 Å². The molecule has 5 nitrogen and oxygen atoms in total. The number of halogens is 3. The van der Waals surface area contributed by atoms with Crippen molar-refractivity contribution in [1.29, 1.82) is 0 Å². The molecule has 0 saturated carbocycles. The Morgan fingerprint density at radius 2 is 1.84 bits per heavy atom. The number of aromatic hydroxyl groups is 1. The minimum atomic E-state index is -4.57. The lowest BCUT2D eigenvalue weighted by Crippen LogP contribution is -2.32. The summed E-state index contributed by atoms with van der Waals surface area (Å²) in [5, 5.41) is 15.6. The summed E-state index contributed by atoms with van der Waals surface area (Å²) < 4.78 is 57.9. The van der Waals surface area contributed by atoms with Crippen LogP contribution >= 0.6 is 11.3 Å². The summed E-state index contributed by atoms with van der Waals surface area (Å²) in [4.78, 5) is 0.377. The predicted octanol–water partition coefficient (Wildman–Crippen LogP) is 7.88. The van der Waals surface area contributed by atoms with E-state index in [-0.39, 0.29) is 22.6 Å². The fourth-order valence-corrected chi connectivity index (χ4v) is 6.02. The van der Waals surface area contributed by atoms with Crippen LogP contribution < -0.4 is 14.8 Å². The molecule has 0 saturated heterocycles. The van der Waals surface area contributed by atoms with Crippen LogP contribution in [0.2, 0.25) is 0 Å². The molecular weight excluding hydrogens is 503 g/mol. The summed E-state index contributed by atoms with van der Waals surface area (Å²) in [5.74, 6) is 1.04. The first-order chi connectivity index (χ1) is 17.4. The molecule has 2 aliphatic heterocycles. The van der Waals surface area contributed by atoms with Crippen LogP contribution in [0.4, 0.5) is 18.9 Å². The first-order valence-corrected chi connectivity index (χ1v) is 12.5. The zero-order chi connectivity index (χ0) is 26.7. The normalized spacial score (nSPS) is 17.6. The number of allylic oxidation sites excluding steroid dienone is 1. The van der Waals surface area contributed by atoms with Gasteiger partial charge in [-0.2, -0.15) is 13.2 Å². The zero-order valence-corrected chi connectivity index (χ0v) is 21.7. The average molecular weight is 530 g/mol. The molecule has 37 heavy (non-hydrogen) atoms. The van der Waals surface area contributed by atoms with Crippen molar-refractivity contribution in [3.8, 4) is 28.4 Å². The van der Waals surface area contributed by atoms with E-state index in [1.54, 1.807) is 17.5 Å². The fraction of sp³-hybridized carbons (Fsp3) is 0.286. The number of methoxy groups -OCH3 is 2. The van der Waals surface area contributed by atoms with Crippen molar-refractivity contribution in [1.82, 2.24) is 0 Å². The molecule has 2 N–H and O–H groups in total. The summed E-state index contributed by atoms with van der Waals surface area (Å²) in [6.45, 7) is 6.11. The van der Waals surface area contributed by atoms with Crippen molar-refractivity contribution >= 4 is 34.4 Å². The highest BCUT2D eigenvalue weighted by Gasteiger charge is 2.43. The van der Waals surface area contributed by atoms with E-state index in [0.29, 0.717) is 27.5 Å². The second kappa shape index (κ2) is 8.85. The molecule has 194 valence electrons. The van der Waals surface area contributed by atoms with Crippen LogP contribution in [0.15, 0.2) is 41.8 Å². The highest BCUT2D eigenvalue weighted by molar-refractivity contribution is 7.11. The molecule has 0 bridgehead atoms. The van der Waals surface area contributed by atoms with E-state index in [1.807, 2.05) is 19.1 Å². The number of fused-ring (bicyclic) bond motifs is 5.